The zero-order valence-electron chi connectivity index (χ0n) is 22.3. The molecule has 1 fully saturated rings. The van der Waals surface area contributed by atoms with Crippen LogP contribution in [0.25, 0.3) is 12.2 Å². The van der Waals surface area contributed by atoms with Crippen molar-refractivity contribution in [2.75, 3.05) is 0 Å². The molecule has 1 unspecified atom stereocenters. The maximum atomic E-state index is 12.6. The highest BCUT2D eigenvalue weighted by atomic mass is 16.5. The first-order valence-corrected chi connectivity index (χ1v) is 13.8. The molecule has 2 heteroatoms. The zero-order valence-corrected chi connectivity index (χ0v) is 22.3. The minimum Gasteiger partial charge on any atom is -0.459 e. The van der Waals surface area contributed by atoms with Crippen LogP contribution in [0.4, 0.5) is 0 Å². The number of carbonyl (C=O) groups excluding carboxylic acids is 1. The van der Waals surface area contributed by atoms with Gasteiger partial charge < -0.3 is 4.74 Å². The van der Waals surface area contributed by atoms with Crippen molar-refractivity contribution in [2.24, 2.45) is 5.92 Å². The molecule has 3 aromatic rings. The number of ether oxygens (including phenoxy) is 1. The highest BCUT2D eigenvalue weighted by Gasteiger charge is 2.24. The molecule has 2 nitrogen and oxygen atoms in total. The fraction of sp³-hybridized carbons (Fsp3) is 0.343. The van der Waals surface area contributed by atoms with Gasteiger partial charge in [-0.1, -0.05) is 98.0 Å². The lowest BCUT2D eigenvalue weighted by Gasteiger charge is -2.28. The van der Waals surface area contributed by atoms with Gasteiger partial charge in [0.05, 0.1) is 5.56 Å². The van der Waals surface area contributed by atoms with E-state index in [2.05, 4.69) is 92.7 Å². The molecular weight excluding hydrogens is 452 g/mol. The predicted octanol–water partition coefficient (Wildman–Crippen LogP) is 9.28. The van der Waals surface area contributed by atoms with Crippen LogP contribution in [0.3, 0.4) is 0 Å². The Bertz CT molecular complexity index is 1150. The van der Waals surface area contributed by atoms with Crippen molar-refractivity contribution >= 4 is 18.1 Å². The first kappa shape index (κ1) is 26.7. The molecule has 1 aliphatic carbocycles. The van der Waals surface area contributed by atoms with E-state index in [1.165, 1.54) is 23.1 Å². The summed E-state index contributed by atoms with van der Waals surface area (Å²) in [6.07, 6.45) is 16.4. The molecule has 0 spiro atoms. The van der Waals surface area contributed by atoms with E-state index in [1.54, 1.807) is 0 Å². The molecule has 0 bridgehead atoms. The average molecular weight is 493 g/mol. The van der Waals surface area contributed by atoms with Crippen LogP contribution in [0.2, 0.25) is 0 Å². The Hall–Kier alpha value is -3.39. The summed E-state index contributed by atoms with van der Waals surface area (Å²) in [7, 11) is 0. The molecule has 3 aromatic carbocycles. The molecule has 0 aromatic heterocycles. The molecule has 0 radical (unpaired) electrons. The molecule has 192 valence electrons. The van der Waals surface area contributed by atoms with Gasteiger partial charge in [-0.05, 0) is 98.1 Å². The Morgan fingerprint density at radius 3 is 2.11 bits per heavy atom. The summed E-state index contributed by atoms with van der Waals surface area (Å²) in [6.45, 7) is 4.35. The first-order chi connectivity index (χ1) is 18.1. The predicted molar refractivity (Wildman–Crippen MR) is 156 cm³/mol. The van der Waals surface area contributed by atoms with Gasteiger partial charge in [0.15, 0.2) is 0 Å². The van der Waals surface area contributed by atoms with Crippen LogP contribution in [0.5, 0.6) is 0 Å². The summed E-state index contributed by atoms with van der Waals surface area (Å²) in [5.41, 5.74) is 5.59. The van der Waals surface area contributed by atoms with Crippen LogP contribution in [-0.4, -0.2) is 12.1 Å². The van der Waals surface area contributed by atoms with Gasteiger partial charge in [0.2, 0.25) is 0 Å². The SMILES string of the molecule is C/C=C/CCC1CCC(OC(=O)c2ccc(/C=C/c3ccc(CC(C)c4ccccc4)cc3)cc2)CC1. The Balaban J connectivity index is 1.24. The molecule has 0 aliphatic heterocycles. The van der Waals surface area contributed by atoms with E-state index in [0.29, 0.717) is 11.5 Å². The van der Waals surface area contributed by atoms with Gasteiger partial charge in [-0.15, -0.1) is 0 Å². The maximum Gasteiger partial charge on any atom is 0.338 e. The van der Waals surface area contributed by atoms with Crippen LogP contribution in [0, 0.1) is 5.92 Å². The van der Waals surface area contributed by atoms with Gasteiger partial charge >= 0.3 is 5.97 Å². The third kappa shape index (κ3) is 8.32. The summed E-state index contributed by atoms with van der Waals surface area (Å²) in [5, 5.41) is 0. The van der Waals surface area contributed by atoms with Gasteiger partial charge in [0, 0.05) is 0 Å². The van der Waals surface area contributed by atoms with Gasteiger partial charge in [-0.2, -0.15) is 0 Å². The molecule has 0 N–H and O–H groups in total. The highest BCUT2D eigenvalue weighted by molar-refractivity contribution is 5.90. The summed E-state index contributed by atoms with van der Waals surface area (Å²) in [5.74, 6) is 1.07. The van der Waals surface area contributed by atoms with Crippen LogP contribution in [-0.2, 0) is 11.2 Å². The van der Waals surface area contributed by atoms with E-state index >= 15 is 0 Å². The lowest BCUT2D eigenvalue weighted by Crippen LogP contribution is -2.24. The smallest absolute Gasteiger partial charge is 0.338 e. The topological polar surface area (TPSA) is 26.3 Å². The Morgan fingerprint density at radius 1 is 0.865 bits per heavy atom. The fourth-order valence-corrected chi connectivity index (χ4v) is 5.20. The lowest BCUT2D eigenvalue weighted by molar-refractivity contribution is 0.0162. The first-order valence-electron chi connectivity index (χ1n) is 13.8. The van der Waals surface area contributed by atoms with E-state index in [1.807, 2.05) is 24.3 Å². The number of rotatable bonds is 10. The van der Waals surface area contributed by atoms with E-state index < -0.39 is 0 Å². The molecule has 1 aliphatic rings. The minimum atomic E-state index is -0.201. The van der Waals surface area contributed by atoms with Crippen molar-refractivity contribution in [3.05, 3.63) is 119 Å². The number of esters is 1. The number of allylic oxidation sites excluding steroid dienone is 2. The van der Waals surface area contributed by atoms with Crippen LogP contribution < -0.4 is 0 Å². The minimum absolute atomic E-state index is 0.0590. The quantitative estimate of drug-likeness (QED) is 0.160. The highest BCUT2D eigenvalue weighted by Crippen LogP contribution is 2.30. The second-order valence-corrected chi connectivity index (χ2v) is 10.4. The fourth-order valence-electron chi connectivity index (χ4n) is 5.20. The van der Waals surface area contributed by atoms with E-state index in [-0.39, 0.29) is 12.1 Å². The van der Waals surface area contributed by atoms with Crippen molar-refractivity contribution < 1.29 is 9.53 Å². The Kier molecular flexibility index (Phi) is 9.94. The Morgan fingerprint density at radius 2 is 1.49 bits per heavy atom. The maximum absolute atomic E-state index is 12.6. The van der Waals surface area contributed by atoms with Crippen molar-refractivity contribution in [3.63, 3.8) is 0 Å². The van der Waals surface area contributed by atoms with E-state index in [0.717, 1.165) is 50.0 Å². The standard InChI is InChI=1S/C35H40O2/c1-3-4-6-9-28-20-24-34(25-21-28)37-35(36)33-22-18-30(19-23-33)13-12-29-14-16-31(17-15-29)26-27(2)32-10-7-5-8-11-32/h3-5,7-8,10-19,22-23,27-28,34H,6,9,20-21,24-26H2,1-2H3/b4-3+,13-12+. The summed E-state index contributed by atoms with van der Waals surface area (Å²) < 4.78 is 5.82. The summed E-state index contributed by atoms with van der Waals surface area (Å²) in [4.78, 5) is 12.6. The molecular formula is C35H40O2. The number of hydrogen-bond donors (Lipinski definition) is 0. The summed E-state index contributed by atoms with van der Waals surface area (Å²) in [6, 6.07) is 27.2. The lowest BCUT2D eigenvalue weighted by atomic mass is 9.84. The number of hydrogen-bond acceptors (Lipinski definition) is 2. The summed E-state index contributed by atoms with van der Waals surface area (Å²) >= 11 is 0. The molecule has 4 rings (SSSR count). The van der Waals surface area contributed by atoms with Crippen molar-refractivity contribution in [3.8, 4) is 0 Å². The molecule has 1 atom stereocenters. The van der Waals surface area contributed by atoms with E-state index in [4.69, 9.17) is 4.74 Å². The molecule has 0 saturated heterocycles. The normalized spacial score (nSPS) is 18.8. The van der Waals surface area contributed by atoms with Crippen molar-refractivity contribution in [2.45, 2.75) is 70.8 Å². The largest absolute Gasteiger partial charge is 0.459 e. The average Bonchev–Trinajstić information content (AvgIpc) is 2.94. The second kappa shape index (κ2) is 13.8. The van der Waals surface area contributed by atoms with Crippen molar-refractivity contribution in [1.29, 1.82) is 0 Å². The molecule has 1 saturated carbocycles. The van der Waals surface area contributed by atoms with Crippen LogP contribution in [0.1, 0.15) is 90.9 Å². The molecule has 0 amide bonds. The number of benzene rings is 3. The Labute approximate surface area is 223 Å². The van der Waals surface area contributed by atoms with Gasteiger partial charge in [-0.3, -0.25) is 0 Å². The third-order valence-electron chi connectivity index (χ3n) is 7.55. The number of carbonyl (C=O) groups is 1. The third-order valence-corrected chi connectivity index (χ3v) is 7.55. The van der Waals surface area contributed by atoms with Gasteiger partial charge in [0.1, 0.15) is 6.10 Å². The van der Waals surface area contributed by atoms with Gasteiger partial charge in [-0.25, -0.2) is 4.79 Å². The van der Waals surface area contributed by atoms with Crippen LogP contribution >= 0.6 is 0 Å². The van der Waals surface area contributed by atoms with Crippen molar-refractivity contribution in [1.82, 2.24) is 0 Å². The second-order valence-electron chi connectivity index (χ2n) is 10.4. The zero-order chi connectivity index (χ0) is 25.9. The van der Waals surface area contributed by atoms with E-state index in [9.17, 15) is 4.79 Å². The van der Waals surface area contributed by atoms with Crippen LogP contribution in [0.15, 0.2) is 91.0 Å². The molecule has 37 heavy (non-hydrogen) atoms. The van der Waals surface area contributed by atoms with Gasteiger partial charge in [0.25, 0.3) is 0 Å². The monoisotopic (exact) mass is 492 g/mol. The molecule has 0 heterocycles.